The second-order valence-corrected chi connectivity index (χ2v) is 7.79. The zero-order valence-electron chi connectivity index (χ0n) is 14.0. The van der Waals surface area contributed by atoms with Crippen molar-refractivity contribution in [2.75, 3.05) is 11.9 Å². The lowest BCUT2D eigenvalue weighted by molar-refractivity contribution is -0.136. The Morgan fingerprint density at radius 1 is 1.23 bits per heavy atom. The van der Waals surface area contributed by atoms with E-state index in [0.717, 1.165) is 25.7 Å². The maximum absolute atomic E-state index is 12.3. The summed E-state index contributed by atoms with van der Waals surface area (Å²) in [6.07, 6.45) is 4.24. The monoisotopic (exact) mass is 387 g/mol. The van der Waals surface area contributed by atoms with E-state index in [1.54, 1.807) is 17.4 Å². The number of anilines is 1. The fourth-order valence-corrected chi connectivity index (χ4v) is 4.53. The second-order valence-electron chi connectivity index (χ2n) is 6.40. The average molecular weight is 388 g/mol. The summed E-state index contributed by atoms with van der Waals surface area (Å²) in [5, 5.41) is 16.7. The van der Waals surface area contributed by atoms with Crippen molar-refractivity contribution >= 4 is 40.4 Å². The second kappa shape index (κ2) is 7.90. The highest BCUT2D eigenvalue weighted by atomic mass is 35.5. The average Bonchev–Trinajstić information content (AvgIpc) is 3.32. The van der Waals surface area contributed by atoms with Gasteiger partial charge in [0.1, 0.15) is 6.07 Å². The Morgan fingerprint density at radius 2 is 2.00 bits per heavy atom. The van der Waals surface area contributed by atoms with E-state index >= 15 is 0 Å². The number of hydrogen-bond acceptors (Lipinski definition) is 4. The minimum atomic E-state index is -0.803. The molecule has 1 heterocycles. The van der Waals surface area contributed by atoms with Crippen LogP contribution in [0.3, 0.4) is 0 Å². The molecule has 7 heteroatoms. The van der Waals surface area contributed by atoms with Crippen molar-refractivity contribution in [3.63, 3.8) is 0 Å². The molecule has 1 aromatic heterocycles. The summed E-state index contributed by atoms with van der Waals surface area (Å²) >= 11 is 7.58. The number of rotatable bonds is 4. The van der Waals surface area contributed by atoms with E-state index in [9.17, 15) is 9.59 Å². The van der Waals surface area contributed by atoms with Crippen LogP contribution in [-0.2, 0) is 15.0 Å². The van der Waals surface area contributed by atoms with Crippen molar-refractivity contribution in [2.24, 2.45) is 0 Å². The van der Waals surface area contributed by atoms with Crippen LogP contribution in [0.4, 0.5) is 5.69 Å². The number of nitrogens with zero attached hydrogens (tertiary/aromatic N) is 1. The number of hydrogen-bond donors (Lipinski definition) is 2. The molecule has 0 spiro atoms. The van der Waals surface area contributed by atoms with Gasteiger partial charge in [0.25, 0.3) is 0 Å². The molecular formula is C19H18ClN3O2S. The number of amides is 2. The Morgan fingerprint density at radius 3 is 2.65 bits per heavy atom. The molecule has 2 aromatic rings. The summed E-state index contributed by atoms with van der Waals surface area (Å²) in [6, 6.07) is 10.6. The van der Waals surface area contributed by atoms with Gasteiger partial charge in [-0.25, -0.2) is 0 Å². The van der Waals surface area contributed by atoms with Gasteiger partial charge in [0.05, 0.1) is 11.3 Å². The third-order valence-electron chi connectivity index (χ3n) is 4.75. The topological polar surface area (TPSA) is 82.0 Å². The van der Waals surface area contributed by atoms with E-state index in [4.69, 9.17) is 16.9 Å². The van der Waals surface area contributed by atoms with Gasteiger partial charge < -0.3 is 10.6 Å². The van der Waals surface area contributed by atoms with Crippen LogP contribution in [-0.4, -0.2) is 18.4 Å². The molecule has 0 atom stereocenters. The van der Waals surface area contributed by atoms with Crippen LogP contribution in [0.25, 0.3) is 0 Å². The first-order chi connectivity index (χ1) is 12.5. The van der Waals surface area contributed by atoms with Crippen molar-refractivity contribution in [1.29, 1.82) is 5.26 Å². The SMILES string of the molecule is N#Cc1ccc(Cl)cc1NC(=O)C(=O)NCC1(c2cccs2)CCCC1. The van der Waals surface area contributed by atoms with Gasteiger partial charge in [0.2, 0.25) is 0 Å². The Hall–Kier alpha value is -2.36. The van der Waals surface area contributed by atoms with E-state index in [2.05, 4.69) is 16.7 Å². The normalized spacial score (nSPS) is 15.2. The molecule has 134 valence electrons. The van der Waals surface area contributed by atoms with Crippen molar-refractivity contribution < 1.29 is 9.59 Å². The van der Waals surface area contributed by atoms with Gasteiger partial charge in [0.15, 0.2) is 0 Å². The number of carbonyl (C=O) groups excluding carboxylic acids is 2. The number of benzene rings is 1. The Kier molecular flexibility index (Phi) is 5.60. The van der Waals surface area contributed by atoms with E-state index in [-0.39, 0.29) is 16.7 Å². The number of nitrogens with one attached hydrogen (secondary N) is 2. The zero-order chi connectivity index (χ0) is 18.6. The van der Waals surface area contributed by atoms with Crippen LogP contribution in [0.1, 0.15) is 36.1 Å². The summed E-state index contributed by atoms with van der Waals surface area (Å²) in [4.78, 5) is 25.7. The molecule has 1 aliphatic rings. The molecule has 0 aliphatic heterocycles. The van der Waals surface area contributed by atoms with E-state index in [1.165, 1.54) is 17.0 Å². The highest BCUT2D eigenvalue weighted by Crippen LogP contribution is 2.42. The summed E-state index contributed by atoms with van der Waals surface area (Å²) in [5.74, 6) is -1.51. The van der Waals surface area contributed by atoms with E-state index in [0.29, 0.717) is 11.6 Å². The van der Waals surface area contributed by atoms with Gasteiger partial charge in [-0.3, -0.25) is 9.59 Å². The van der Waals surface area contributed by atoms with Gasteiger partial charge >= 0.3 is 11.8 Å². The van der Waals surface area contributed by atoms with Gasteiger partial charge in [-0.15, -0.1) is 11.3 Å². The van der Waals surface area contributed by atoms with E-state index in [1.807, 2.05) is 17.5 Å². The molecule has 1 fully saturated rings. The zero-order valence-corrected chi connectivity index (χ0v) is 15.6. The van der Waals surface area contributed by atoms with Gasteiger partial charge in [0, 0.05) is 21.9 Å². The summed E-state index contributed by atoms with van der Waals surface area (Å²) in [5.41, 5.74) is 0.396. The third kappa shape index (κ3) is 3.90. The quantitative estimate of drug-likeness (QED) is 0.782. The lowest BCUT2D eigenvalue weighted by Crippen LogP contribution is -2.43. The molecule has 0 saturated heterocycles. The fraction of sp³-hybridized carbons (Fsp3) is 0.316. The van der Waals surface area contributed by atoms with Crippen LogP contribution in [0.2, 0.25) is 5.02 Å². The molecule has 2 amide bonds. The van der Waals surface area contributed by atoms with Crippen molar-refractivity contribution in [1.82, 2.24) is 5.32 Å². The molecule has 1 saturated carbocycles. The molecule has 0 bridgehead atoms. The predicted molar refractivity (Wildman–Crippen MR) is 102 cm³/mol. The molecule has 1 aliphatic carbocycles. The van der Waals surface area contributed by atoms with Crippen LogP contribution in [0, 0.1) is 11.3 Å². The van der Waals surface area contributed by atoms with Crippen molar-refractivity contribution in [2.45, 2.75) is 31.1 Å². The molecule has 5 nitrogen and oxygen atoms in total. The van der Waals surface area contributed by atoms with Gasteiger partial charge in [-0.2, -0.15) is 5.26 Å². The summed E-state index contributed by atoms with van der Waals surface area (Å²) < 4.78 is 0. The molecule has 0 unspecified atom stereocenters. The molecular weight excluding hydrogens is 370 g/mol. The Balaban J connectivity index is 1.66. The first-order valence-corrected chi connectivity index (χ1v) is 9.63. The molecule has 2 N–H and O–H groups in total. The maximum atomic E-state index is 12.3. The minimum absolute atomic E-state index is 0.0853. The molecule has 1 aromatic carbocycles. The Bertz CT molecular complexity index is 852. The number of thiophene rings is 1. The predicted octanol–water partition coefficient (Wildman–Crippen LogP) is 3.84. The standard InChI is InChI=1S/C19H18ClN3O2S/c20-14-6-5-13(11-21)15(10-14)23-18(25)17(24)22-12-19(7-1-2-8-19)16-4-3-9-26-16/h3-6,9-10H,1-2,7-8,12H2,(H,22,24)(H,23,25). The number of halogens is 1. The first kappa shape index (κ1) is 18.4. The highest BCUT2D eigenvalue weighted by molar-refractivity contribution is 7.10. The highest BCUT2D eigenvalue weighted by Gasteiger charge is 2.37. The summed E-state index contributed by atoms with van der Waals surface area (Å²) in [6.45, 7) is 0.431. The molecule has 0 radical (unpaired) electrons. The number of nitriles is 1. The van der Waals surface area contributed by atoms with Crippen molar-refractivity contribution in [3.05, 3.63) is 51.2 Å². The Labute approximate surface area is 161 Å². The lowest BCUT2D eigenvalue weighted by atomic mass is 9.84. The largest absolute Gasteiger partial charge is 0.347 e. The number of carbonyl (C=O) groups is 2. The molecule has 26 heavy (non-hydrogen) atoms. The van der Waals surface area contributed by atoms with Crippen LogP contribution in [0.5, 0.6) is 0 Å². The minimum Gasteiger partial charge on any atom is -0.347 e. The molecule has 3 rings (SSSR count). The van der Waals surface area contributed by atoms with Gasteiger partial charge in [-0.05, 0) is 42.5 Å². The first-order valence-electron chi connectivity index (χ1n) is 8.37. The van der Waals surface area contributed by atoms with Gasteiger partial charge in [-0.1, -0.05) is 30.5 Å². The van der Waals surface area contributed by atoms with Crippen LogP contribution < -0.4 is 10.6 Å². The fourth-order valence-electron chi connectivity index (χ4n) is 3.37. The van der Waals surface area contributed by atoms with Crippen LogP contribution in [0.15, 0.2) is 35.7 Å². The van der Waals surface area contributed by atoms with E-state index < -0.39 is 11.8 Å². The smallest absolute Gasteiger partial charge is 0.313 e. The van der Waals surface area contributed by atoms with Crippen molar-refractivity contribution in [3.8, 4) is 6.07 Å². The lowest BCUT2D eigenvalue weighted by Gasteiger charge is -2.28. The summed E-state index contributed by atoms with van der Waals surface area (Å²) in [7, 11) is 0. The third-order valence-corrected chi connectivity index (χ3v) is 6.10. The maximum Gasteiger partial charge on any atom is 0.313 e. The van der Waals surface area contributed by atoms with Crippen LogP contribution >= 0.6 is 22.9 Å².